The largest absolute Gasteiger partial charge is 0.395 e. The van der Waals surface area contributed by atoms with Crippen LogP contribution in [-0.4, -0.2) is 4.98 Å². The maximum atomic E-state index is 5.52. The monoisotopic (exact) mass is 205 g/mol. The molecule has 1 aromatic rings. The van der Waals surface area contributed by atoms with Gasteiger partial charge in [0.1, 0.15) is 0 Å². The topological polar surface area (TPSA) is 38.9 Å². The molecule has 0 fully saturated rings. The quantitative estimate of drug-likeness (QED) is 0.658. The number of anilines is 1. The molecule has 1 rings (SSSR count). The zero-order chi connectivity index (χ0) is 6.85. The number of nitrogens with zero attached hydrogens (tertiary/aromatic N) is 1. The zero-order valence-corrected chi connectivity index (χ0v) is 6.70. The van der Waals surface area contributed by atoms with E-state index in [1.165, 1.54) is 0 Å². The number of pyridine rings is 1. The summed E-state index contributed by atoms with van der Waals surface area (Å²) >= 11 is 8.68. The maximum absolute atomic E-state index is 5.52. The van der Waals surface area contributed by atoms with Crippen molar-refractivity contribution < 1.29 is 0 Å². The molecule has 1 aromatic heterocycles. The summed E-state index contributed by atoms with van der Waals surface area (Å²) in [5.41, 5.74) is 5.87. The van der Waals surface area contributed by atoms with E-state index in [1.807, 2.05) is 0 Å². The normalized spacial score (nSPS) is 9.56. The SMILES string of the molecule is Nc1c(Br)c[c]nc1Cl. The van der Waals surface area contributed by atoms with Gasteiger partial charge in [-0.25, -0.2) is 4.98 Å². The Morgan fingerprint density at radius 3 is 2.89 bits per heavy atom. The Morgan fingerprint density at radius 1 is 1.78 bits per heavy atom. The number of rotatable bonds is 0. The lowest BCUT2D eigenvalue weighted by Gasteiger charge is -1.95. The number of nitrogen functional groups attached to an aromatic ring is 1. The van der Waals surface area contributed by atoms with Crippen LogP contribution >= 0.6 is 27.5 Å². The van der Waals surface area contributed by atoms with Gasteiger partial charge in [0.15, 0.2) is 5.15 Å². The van der Waals surface area contributed by atoms with Crippen LogP contribution in [0.2, 0.25) is 5.15 Å². The van der Waals surface area contributed by atoms with Gasteiger partial charge in [0.05, 0.1) is 11.9 Å². The molecular weight excluding hydrogens is 203 g/mol. The molecule has 1 heterocycles. The number of aromatic nitrogens is 1. The lowest BCUT2D eigenvalue weighted by molar-refractivity contribution is 1.30. The van der Waals surface area contributed by atoms with Gasteiger partial charge in [0.25, 0.3) is 0 Å². The lowest BCUT2D eigenvalue weighted by atomic mass is 10.4. The molecule has 0 aliphatic heterocycles. The number of halogens is 2. The molecule has 0 amide bonds. The minimum atomic E-state index is 0.282. The van der Waals surface area contributed by atoms with Crippen LogP contribution < -0.4 is 5.73 Å². The molecule has 0 bridgehead atoms. The summed E-state index contributed by atoms with van der Waals surface area (Å²) in [5, 5.41) is 0.282. The average Bonchev–Trinajstić information content (AvgIpc) is 1.83. The molecule has 0 unspecified atom stereocenters. The van der Waals surface area contributed by atoms with Crippen LogP contribution in [0.5, 0.6) is 0 Å². The van der Waals surface area contributed by atoms with Crippen molar-refractivity contribution >= 4 is 33.2 Å². The Bertz CT molecular complexity index is 206. The highest BCUT2D eigenvalue weighted by Crippen LogP contribution is 2.23. The van der Waals surface area contributed by atoms with Crippen LogP contribution in [0.15, 0.2) is 10.5 Å². The first-order valence-corrected chi connectivity index (χ1v) is 3.36. The van der Waals surface area contributed by atoms with Gasteiger partial charge >= 0.3 is 0 Å². The van der Waals surface area contributed by atoms with E-state index >= 15 is 0 Å². The Kier molecular flexibility index (Phi) is 1.93. The minimum Gasteiger partial charge on any atom is -0.395 e. The Hall–Kier alpha value is -0.280. The smallest absolute Gasteiger partial charge is 0.153 e. The van der Waals surface area contributed by atoms with Crippen molar-refractivity contribution in [2.75, 3.05) is 5.73 Å². The van der Waals surface area contributed by atoms with Crippen LogP contribution in [0, 0.1) is 6.20 Å². The van der Waals surface area contributed by atoms with Crippen molar-refractivity contribution in [2.45, 2.75) is 0 Å². The highest BCUT2D eigenvalue weighted by Gasteiger charge is 1.98. The molecule has 0 aliphatic carbocycles. The van der Waals surface area contributed by atoms with Gasteiger partial charge in [-0.05, 0) is 22.0 Å². The summed E-state index contributed by atoms with van der Waals surface area (Å²) in [5.74, 6) is 0. The van der Waals surface area contributed by atoms with E-state index < -0.39 is 0 Å². The predicted octanol–water partition coefficient (Wildman–Crippen LogP) is 1.88. The standard InChI is InChI=1S/C5H3BrClN2/c6-3-1-2-9-5(7)4(3)8/h1H,8H2. The molecular formula is C5H3BrClN2. The number of nitrogens with two attached hydrogens (primary N) is 1. The Morgan fingerprint density at radius 2 is 2.44 bits per heavy atom. The second kappa shape index (κ2) is 2.54. The van der Waals surface area contributed by atoms with Gasteiger partial charge in [0.2, 0.25) is 0 Å². The first kappa shape index (κ1) is 6.83. The second-order valence-electron chi connectivity index (χ2n) is 1.44. The van der Waals surface area contributed by atoms with E-state index in [0.717, 1.165) is 4.47 Å². The first-order chi connectivity index (χ1) is 4.22. The molecule has 0 saturated carbocycles. The van der Waals surface area contributed by atoms with E-state index in [-0.39, 0.29) is 5.15 Å². The highest BCUT2D eigenvalue weighted by atomic mass is 79.9. The molecule has 0 saturated heterocycles. The number of hydrogen-bond donors (Lipinski definition) is 1. The van der Waals surface area contributed by atoms with E-state index in [9.17, 15) is 0 Å². The molecule has 0 aliphatic rings. The molecule has 0 spiro atoms. The van der Waals surface area contributed by atoms with Gasteiger partial charge in [-0.3, -0.25) is 0 Å². The van der Waals surface area contributed by atoms with Gasteiger partial charge in [-0.1, -0.05) is 11.6 Å². The summed E-state index contributed by atoms with van der Waals surface area (Å²) in [6.45, 7) is 0. The molecule has 0 aromatic carbocycles. The van der Waals surface area contributed by atoms with Crippen molar-refractivity contribution in [1.82, 2.24) is 4.98 Å². The minimum absolute atomic E-state index is 0.282. The zero-order valence-electron chi connectivity index (χ0n) is 4.36. The third kappa shape index (κ3) is 1.34. The van der Waals surface area contributed by atoms with E-state index in [1.54, 1.807) is 6.07 Å². The van der Waals surface area contributed by atoms with Crippen molar-refractivity contribution in [1.29, 1.82) is 0 Å². The van der Waals surface area contributed by atoms with Crippen molar-refractivity contribution in [3.8, 4) is 0 Å². The average molecular weight is 206 g/mol. The van der Waals surface area contributed by atoms with Crippen LogP contribution in [-0.2, 0) is 0 Å². The third-order valence-corrected chi connectivity index (χ3v) is 1.78. The van der Waals surface area contributed by atoms with E-state index in [4.69, 9.17) is 17.3 Å². The molecule has 2 nitrogen and oxygen atoms in total. The van der Waals surface area contributed by atoms with Crippen molar-refractivity contribution in [3.63, 3.8) is 0 Å². The van der Waals surface area contributed by atoms with Gasteiger partial charge in [-0.15, -0.1) is 0 Å². The molecule has 47 valence electrons. The molecule has 2 N–H and O–H groups in total. The summed E-state index contributed by atoms with van der Waals surface area (Å²) in [6, 6.07) is 1.61. The fourth-order valence-corrected chi connectivity index (χ4v) is 0.937. The summed E-state index contributed by atoms with van der Waals surface area (Å²) in [4.78, 5) is 3.62. The van der Waals surface area contributed by atoms with Crippen LogP contribution in [0.1, 0.15) is 0 Å². The van der Waals surface area contributed by atoms with Crippen LogP contribution in [0.3, 0.4) is 0 Å². The summed E-state index contributed by atoms with van der Waals surface area (Å²) in [7, 11) is 0. The summed E-state index contributed by atoms with van der Waals surface area (Å²) < 4.78 is 0.725. The predicted molar refractivity (Wildman–Crippen MR) is 40.2 cm³/mol. The third-order valence-electron chi connectivity index (χ3n) is 0.834. The van der Waals surface area contributed by atoms with Crippen LogP contribution in [0.25, 0.3) is 0 Å². The summed E-state index contributed by atoms with van der Waals surface area (Å²) in [6.07, 6.45) is 2.56. The van der Waals surface area contributed by atoms with E-state index in [0.29, 0.717) is 5.69 Å². The highest BCUT2D eigenvalue weighted by molar-refractivity contribution is 9.10. The first-order valence-electron chi connectivity index (χ1n) is 2.19. The van der Waals surface area contributed by atoms with Gasteiger partial charge in [0, 0.05) is 4.47 Å². The van der Waals surface area contributed by atoms with Crippen LogP contribution in [0.4, 0.5) is 5.69 Å². The van der Waals surface area contributed by atoms with E-state index in [2.05, 4.69) is 27.1 Å². The second-order valence-corrected chi connectivity index (χ2v) is 2.65. The fraction of sp³-hybridized carbons (Fsp3) is 0. The van der Waals surface area contributed by atoms with Crippen molar-refractivity contribution in [2.24, 2.45) is 0 Å². The lowest BCUT2D eigenvalue weighted by Crippen LogP contribution is -1.89. The molecule has 0 atom stereocenters. The van der Waals surface area contributed by atoms with Gasteiger partial charge < -0.3 is 5.73 Å². The van der Waals surface area contributed by atoms with Gasteiger partial charge in [-0.2, -0.15) is 0 Å². The van der Waals surface area contributed by atoms with Crippen molar-refractivity contribution in [3.05, 3.63) is 21.9 Å². The Labute approximate surface area is 66.2 Å². The molecule has 4 heteroatoms. The molecule has 9 heavy (non-hydrogen) atoms. The maximum Gasteiger partial charge on any atom is 0.153 e. The fourth-order valence-electron chi connectivity index (χ4n) is 0.382. The number of hydrogen-bond acceptors (Lipinski definition) is 2. The Balaban J connectivity index is 3.25. The molecule has 1 radical (unpaired) electrons.